The van der Waals surface area contributed by atoms with Crippen LogP contribution in [-0.2, 0) is 17.9 Å². The van der Waals surface area contributed by atoms with Gasteiger partial charge in [0.2, 0.25) is 5.91 Å². The number of hydrogen-bond acceptors (Lipinski definition) is 3. The van der Waals surface area contributed by atoms with E-state index >= 15 is 0 Å². The van der Waals surface area contributed by atoms with Crippen molar-refractivity contribution in [3.63, 3.8) is 0 Å². The summed E-state index contributed by atoms with van der Waals surface area (Å²) in [6, 6.07) is 9.41. The van der Waals surface area contributed by atoms with Crippen molar-refractivity contribution in [2.24, 2.45) is 5.73 Å². The number of nitrogens with zero attached hydrogens (tertiary/aromatic N) is 2. The van der Waals surface area contributed by atoms with Crippen LogP contribution < -0.4 is 11.3 Å². The quantitative estimate of drug-likeness (QED) is 0.917. The zero-order valence-electron chi connectivity index (χ0n) is 11.9. The molecule has 1 aromatic carbocycles. The molecule has 0 atom stereocenters. The molecule has 0 saturated carbocycles. The third kappa shape index (κ3) is 2.56. The van der Waals surface area contributed by atoms with Crippen LogP contribution in [0.2, 0.25) is 0 Å². The molecule has 0 radical (unpaired) electrons. The van der Waals surface area contributed by atoms with Gasteiger partial charge in [-0.05, 0) is 30.4 Å². The summed E-state index contributed by atoms with van der Waals surface area (Å²) in [7, 11) is 0. The predicted octanol–water partition coefficient (Wildman–Crippen LogP) is 1.08. The van der Waals surface area contributed by atoms with E-state index in [2.05, 4.69) is 0 Å². The average molecular weight is 285 g/mol. The molecule has 0 bridgehead atoms. The number of benzene rings is 1. The summed E-state index contributed by atoms with van der Waals surface area (Å²) in [5.41, 5.74) is 6.82. The lowest BCUT2D eigenvalue weighted by molar-refractivity contribution is -0.130. The van der Waals surface area contributed by atoms with Crippen LogP contribution >= 0.6 is 0 Å². The first-order valence-electron chi connectivity index (χ1n) is 7.30. The minimum absolute atomic E-state index is 0.00826. The van der Waals surface area contributed by atoms with Gasteiger partial charge in [-0.3, -0.25) is 14.2 Å². The Bertz CT molecular complexity index is 730. The van der Waals surface area contributed by atoms with E-state index < -0.39 is 0 Å². The minimum atomic E-state index is -0.163. The first kappa shape index (κ1) is 13.8. The molecule has 21 heavy (non-hydrogen) atoms. The Morgan fingerprint density at radius 1 is 1.19 bits per heavy atom. The lowest BCUT2D eigenvalue weighted by atomic mass is 10.1. The van der Waals surface area contributed by atoms with Crippen molar-refractivity contribution in [2.45, 2.75) is 25.9 Å². The Kier molecular flexibility index (Phi) is 3.75. The predicted molar refractivity (Wildman–Crippen MR) is 81.9 cm³/mol. The second kappa shape index (κ2) is 5.69. The molecule has 110 valence electrons. The Morgan fingerprint density at radius 3 is 2.62 bits per heavy atom. The number of amides is 1. The van der Waals surface area contributed by atoms with Crippen molar-refractivity contribution in [1.29, 1.82) is 0 Å². The average Bonchev–Trinajstić information content (AvgIpc) is 3.04. The molecular formula is C16H19N3O2. The summed E-state index contributed by atoms with van der Waals surface area (Å²) in [6.45, 7) is 1.86. The molecule has 2 aromatic rings. The van der Waals surface area contributed by atoms with Gasteiger partial charge in [-0.1, -0.05) is 18.2 Å². The second-order valence-corrected chi connectivity index (χ2v) is 5.41. The maximum Gasteiger partial charge on any atom is 0.256 e. The smallest absolute Gasteiger partial charge is 0.256 e. The van der Waals surface area contributed by atoms with Crippen molar-refractivity contribution >= 4 is 16.8 Å². The number of fused-ring (bicyclic) bond motifs is 1. The van der Waals surface area contributed by atoms with Crippen LogP contribution in [0.1, 0.15) is 18.4 Å². The third-order valence-corrected chi connectivity index (χ3v) is 4.05. The summed E-state index contributed by atoms with van der Waals surface area (Å²) in [5, 5.41) is 0.937. The number of nitrogens with two attached hydrogens (primary N) is 1. The third-order valence-electron chi connectivity index (χ3n) is 4.05. The number of likely N-dealkylation sites (tertiary alicyclic amines) is 1. The molecule has 5 nitrogen and oxygen atoms in total. The number of hydrogen-bond donors (Lipinski definition) is 1. The zero-order valence-corrected chi connectivity index (χ0v) is 11.9. The number of rotatable bonds is 3. The van der Waals surface area contributed by atoms with Crippen molar-refractivity contribution in [3.05, 3.63) is 46.2 Å². The summed E-state index contributed by atoms with van der Waals surface area (Å²) >= 11 is 0. The minimum Gasteiger partial charge on any atom is -0.341 e. The summed E-state index contributed by atoms with van der Waals surface area (Å²) in [4.78, 5) is 26.7. The molecule has 1 saturated heterocycles. The highest BCUT2D eigenvalue weighted by molar-refractivity contribution is 5.83. The first-order chi connectivity index (χ1) is 10.2. The van der Waals surface area contributed by atoms with Gasteiger partial charge < -0.3 is 10.6 Å². The number of carbonyl (C=O) groups is 1. The number of carbonyl (C=O) groups excluding carboxylic acids is 1. The molecule has 2 N–H and O–H groups in total. The van der Waals surface area contributed by atoms with Gasteiger partial charge in [-0.2, -0.15) is 0 Å². The molecule has 0 unspecified atom stereocenters. The van der Waals surface area contributed by atoms with Crippen LogP contribution in [-0.4, -0.2) is 28.5 Å². The van der Waals surface area contributed by atoms with E-state index in [1.54, 1.807) is 4.57 Å². The van der Waals surface area contributed by atoms with Gasteiger partial charge in [-0.15, -0.1) is 0 Å². The SMILES string of the molecule is NCc1cc2ccccc2n(CC(=O)N2CCCC2)c1=O. The molecule has 3 rings (SSSR count). The van der Waals surface area contributed by atoms with Crippen LogP contribution in [0.25, 0.3) is 10.9 Å². The van der Waals surface area contributed by atoms with Gasteiger partial charge in [-0.25, -0.2) is 0 Å². The van der Waals surface area contributed by atoms with E-state index in [0.29, 0.717) is 5.56 Å². The molecule has 1 aliphatic rings. The van der Waals surface area contributed by atoms with Crippen LogP contribution in [0, 0.1) is 0 Å². The lowest BCUT2D eigenvalue weighted by Crippen LogP contribution is -2.35. The fraction of sp³-hybridized carbons (Fsp3) is 0.375. The van der Waals surface area contributed by atoms with Gasteiger partial charge in [0, 0.05) is 25.2 Å². The molecule has 2 heterocycles. The standard InChI is InChI=1S/C16H19N3O2/c17-10-13-9-12-5-1-2-6-14(12)19(16(13)21)11-15(20)18-7-3-4-8-18/h1-2,5-6,9H,3-4,7-8,10-11,17H2. The number of aromatic nitrogens is 1. The molecule has 1 aliphatic heterocycles. The van der Waals surface area contributed by atoms with E-state index in [4.69, 9.17) is 5.73 Å². The van der Waals surface area contributed by atoms with E-state index in [9.17, 15) is 9.59 Å². The van der Waals surface area contributed by atoms with Gasteiger partial charge >= 0.3 is 0 Å². The highest BCUT2D eigenvalue weighted by Gasteiger charge is 2.19. The highest BCUT2D eigenvalue weighted by Crippen LogP contribution is 2.14. The molecule has 0 aliphatic carbocycles. The van der Waals surface area contributed by atoms with E-state index in [0.717, 1.165) is 36.8 Å². The topological polar surface area (TPSA) is 68.3 Å². The van der Waals surface area contributed by atoms with Gasteiger partial charge in [0.25, 0.3) is 5.56 Å². The van der Waals surface area contributed by atoms with Crippen molar-refractivity contribution in [1.82, 2.24) is 9.47 Å². The van der Waals surface area contributed by atoms with Gasteiger partial charge in [0.05, 0.1) is 5.52 Å². The highest BCUT2D eigenvalue weighted by atomic mass is 16.2. The summed E-state index contributed by atoms with van der Waals surface area (Å²) < 4.78 is 1.55. The van der Waals surface area contributed by atoms with Crippen molar-refractivity contribution in [2.75, 3.05) is 13.1 Å². The largest absolute Gasteiger partial charge is 0.341 e. The number of pyridine rings is 1. The zero-order chi connectivity index (χ0) is 14.8. The molecule has 1 fully saturated rings. The second-order valence-electron chi connectivity index (χ2n) is 5.41. The molecular weight excluding hydrogens is 266 g/mol. The van der Waals surface area contributed by atoms with Crippen LogP contribution in [0.3, 0.4) is 0 Å². The van der Waals surface area contributed by atoms with E-state index in [1.807, 2.05) is 35.2 Å². The maximum atomic E-state index is 12.5. The fourth-order valence-electron chi connectivity index (χ4n) is 2.89. The van der Waals surface area contributed by atoms with Gasteiger partial charge in [0.15, 0.2) is 0 Å². The summed E-state index contributed by atoms with van der Waals surface area (Å²) in [6.07, 6.45) is 2.09. The van der Waals surface area contributed by atoms with Crippen molar-refractivity contribution in [3.8, 4) is 0 Å². The Hall–Kier alpha value is -2.14. The maximum absolute atomic E-state index is 12.5. The van der Waals surface area contributed by atoms with E-state index in [-0.39, 0.29) is 24.6 Å². The Morgan fingerprint density at radius 2 is 1.90 bits per heavy atom. The van der Waals surface area contributed by atoms with E-state index in [1.165, 1.54) is 0 Å². The first-order valence-corrected chi connectivity index (χ1v) is 7.30. The molecule has 1 aromatic heterocycles. The monoisotopic (exact) mass is 285 g/mol. The molecule has 0 spiro atoms. The normalized spacial score (nSPS) is 14.8. The molecule has 5 heteroatoms. The fourth-order valence-corrected chi connectivity index (χ4v) is 2.89. The molecule has 1 amide bonds. The Labute approximate surface area is 123 Å². The Balaban J connectivity index is 2.05. The van der Waals surface area contributed by atoms with Crippen molar-refractivity contribution < 1.29 is 4.79 Å². The number of para-hydroxylation sites is 1. The van der Waals surface area contributed by atoms with Crippen LogP contribution in [0.5, 0.6) is 0 Å². The van der Waals surface area contributed by atoms with Crippen LogP contribution in [0.4, 0.5) is 0 Å². The summed E-state index contributed by atoms with van der Waals surface area (Å²) in [5.74, 6) is 0.00826. The lowest BCUT2D eigenvalue weighted by Gasteiger charge is -2.18. The van der Waals surface area contributed by atoms with Gasteiger partial charge in [0.1, 0.15) is 6.54 Å². The van der Waals surface area contributed by atoms with Crippen LogP contribution in [0.15, 0.2) is 35.1 Å².